The van der Waals surface area contributed by atoms with Crippen LogP contribution in [0.5, 0.6) is 0 Å². The SMILES string of the molecule is c1ccc(C2(c3ccccc3)c3ccccc3-c3ccc(-n4c5ccccc5c5c6oc7ccccc7c6c6c7ccccc7sc6c54)cc32)cc1. The fourth-order valence-corrected chi connectivity index (χ4v) is 10.7. The van der Waals surface area contributed by atoms with Gasteiger partial charge in [0.1, 0.15) is 11.2 Å². The smallest absolute Gasteiger partial charge is 0.146 e. The quantitative estimate of drug-likeness (QED) is 0.182. The summed E-state index contributed by atoms with van der Waals surface area (Å²) in [5.74, 6) is 0. The van der Waals surface area contributed by atoms with Gasteiger partial charge in [-0.15, -0.1) is 11.3 Å². The fourth-order valence-electron chi connectivity index (χ4n) is 9.45. The Kier molecular flexibility index (Phi) is 5.62. The van der Waals surface area contributed by atoms with E-state index in [0.29, 0.717) is 0 Å². The third-order valence-corrected chi connectivity index (χ3v) is 12.6. The van der Waals surface area contributed by atoms with Crippen molar-refractivity contribution in [1.82, 2.24) is 4.57 Å². The van der Waals surface area contributed by atoms with Gasteiger partial charge >= 0.3 is 0 Å². The number of rotatable bonds is 3. The molecule has 3 aromatic heterocycles. The van der Waals surface area contributed by atoms with Gasteiger partial charge < -0.3 is 8.98 Å². The number of fused-ring (bicyclic) bond motifs is 15. The molecular formula is C49H29NOS. The molecule has 1 aliphatic rings. The summed E-state index contributed by atoms with van der Waals surface area (Å²) in [4.78, 5) is 0. The van der Waals surface area contributed by atoms with Crippen LogP contribution in [0.25, 0.3) is 80.7 Å². The first-order valence-electron chi connectivity index (χ1n) is 17.9. The molecule has 0 N–H and O–H groups in total. The second-order valence-electron chi connectivity index (χ2n) is 13.9. The highest BCUT2D eigenvalue weighted by atomic mass is 32.1. The number of hydrogen-bond acceptors (Lipinski definition) is 2. The number of nitrogens with zero attached hydrogens (tertiary/aromatic N) is 1. The van der Waals surface area contributed by atoms with Gasteiger partial charge in [-0.25, -0.2) is 0 Å². The number of hydrogen-bond donors (Lipinski definition) is 0. The zero-order chi connectivity index (χ0) is 34.0. The molecular weight excluding hydrogens is 651 g/mol. The topological polar surface area (TPSA) is 18.1 Å². The maximum absolute atomic E-state index is 6.91. The summed E-state index contributed by atoms with van der Waals surface area (Å²) in [7, 11) is 0. The van der Waals surface area contributed by atoms with Gasteiger partial charge in [0, 0.05) is 37.3 Å². The molecule has 0 amide bonds. The molecule has 0 unspecified atom stereocenters. The van der Waals surface area contributed by atoms with Crippen molar-refractivity contribution in [3.8, 4) is 16.8 Å². The normalized spacial score (nSPS) is 13.5. The van der Waals surface area contributed by atoms with Crippen LogP contribution in [-0.2, 0) is 5.41 Å². The summed E-state index contributed by atoms with van der Waals surface area (Å²) in [6.45, 7) is 0. The largest absolute Gasteiger partial charge is 0.455 e. The van der Waals surface area contributed by atoms with Crippen LogP contribution in [0.3, 0.4) is 0 Å². The molecule has 52 heavy (non-hydrogen) atoms. The van der Waals surface area contributed by atoms with Gasteiger partial charge in [0.15, 0.2) is 0 Å². The van der Waals surface area contributed by atoms with E-state index in [1.807, 2.05) is 11.3 Å². The van der Waals surface area contributed by atoms with E-state index in [0.717, 1.165) is 22.2 Å². The molecule has 0 aliphatic heterocycles. The molecule has 3 heterocycles. The third kappa shape index (κ3) is 3.48. The Morgan fingerprint density at radius 3 is 1.92 bits per heavy atom. The van der Waals surface area contributed by atoms with E-state index in [-0.39, 0.29) is 0 Å². The van der Waals surface area contributed by atoms with Gasteiger partial charge in [-0.1, -0.05) is 146 Å². The van der Waals surface area contributed by atoms with E-state index < -0.39 is 5.41 Å². The van der Waals surface area contributed by atoms with Crippen molar-refractivity contribution < 1.29 is 4.42 Å². The third-order valence-electron chi connectivity index (χ3n) is 11.5. The minimum absolute atomic E-state index is 0.484. The predicted molar refractivity (Wildman–Crippen MR) is 218 cm³/mol. The van der Waals surface area contributed by atoms with Crippen molar-refractivity contribution in [2.45, 2.75) is 5.41 Å². The molecule has 3 heteroatoms. The van der Waals surface area contributed by atoms with Crippen LogP contribution in [0.2, 0.25) is 0 Å². The number of aromatic nitrogens is 1. The first-order valence-corrected chi connectivity index (χ1v) is 18.7. The van der Waals surface area contributed by atoms with Crippen LogP contribution < -0.4 is 0 Å². The molecule has 0 saturated carbocycles. The summed E-state index contributed by atoms with van der Waals surface area (Å²) < 4.78 is 12.0. The Bertz CT molecular complexity index is 3200. The molecule has 0 atom stereocenters. The summed E-state index contributed by atoms with van der Waals surface area (Å²) in [5, 5.41) is 7.28. The molecule has 0 fully saturated rings. The molecule has 0 radical (unpaired) electrons. The van der Waals surface area contributed by atoms with Gasteiger partial charge in [0.05, 0.1) is 26.5 Å². The van der Waals surface area contributed by atoms with Crippen LogP contribution in [0, 0.1) is 0 Å². The van der Waals surface area contributed by atoms with Crippen molar-refractivity contribution in [3.05, 3.63) is 198 Å². The maximum atomic E-state index is 6.91. The summed E-state index contributed by atoms with van der Waals surface area (Å²) >= 11 is 1.89. The molecule has 12 rings (SSSR count). The molecule has 11 aromatic rings. The molecule has 8 aromatic carbocycles. The molecule has 0 bridgehead atoms. The van der Waals surface area contributed by atoms with Crippen molar-refractivity contribution in [3.63, 3.8) is 0 Å². The lowest BCUT2D eigenvalue weighted by Gasteiger charge is -2.34. The van der Waals surface area contributed by atoms with Crippen molar-refractivity contribution >= 4 is 75.3 Å². The Morgan fingerprint density at radius 2 is 1.12 bits per heavy atom. The van der Waals surface area contributed by atoms with E-state index in [9.17, 15) is 0 Å². The minimum Gasteiger partial charge on any atom is -0.455 e. The lowest BCUT2D eigenvalue weighted by molar-refractivity contribution is 0.673. The van der Waals surface area contributed by atoms with Crippen LogP contribution >= 0.6 is 11.3 Å². The average Bonchev–Trinajstić information content (AvgIpc) is 3.95. The second-order valence-corrected chi connectivity index (χ2v) is 15.0. The minimum atomic E-state index is -0.484. The first-order chi connectivity index (χ1) is 25.8. The van der Waals surface area contributed by atoms with Crippen molar-refractivity contribution in [2.24, 2.45) is 0 Å². The predicted octanol–water partition coefficient (Wildman–Crippen LogP) is 13.4. The molecule has 0 saturated heterocycles. The van der Waals surface area contributed by atoms with E-state index in [2.05, 4.69) is 180 Å². The van der Waals surface area contributed by atoms with Crippen LogP contribution in [0.1, 0.15) is 22.3 Å². The Morgan fingerprint density at radius 1 is 0.481 bits per heavy atom. The zero-order valence-corrected chi connectivity index (χ0v) is 28.8. The van der Waals surface area contributed by atoms with E-state index in [4.69, 9.17) is 4.42 Å². The number of benzene rings is 8. The first kappa shape index (κ1) is 28.3. The highest BCUT2D eigenvalue weighted by Crippen LogP contribution is 2.57. The highest BCUT2D eigenvalue weighted by molar-refractivity contribution is 7.27. The summed E-state index contributed by atoms with van der Waals surface area (Å²) in [6.07, 6.45) is 0. The zero-order valence-electron chi connectivity index (χ0n) is 28.0. The Labute approximate surface area is 303 Å². The summed E-state index contributed by atoms with van der Waals surface area (Å²) in [6, 6.07) is 64.5. The van der Waals surface area contributed by atoms with Gasteiger partial charge in [0.25, 0.3) is 0 Å². The molecule has 2 nitrogen and oxygen atoms in total. The molecule has 0 spiro atoms. The lowest BCUT2D eigenvalue weighted by Crippen LogP contribution is -2.28. The lowest BCUT2D eigenvalue weighted by atomic mass is 9.67. The van der Waals surface area contributed by atoms with Gasteiger partial charge in [-0.2, -0.15) is 0 Å². The molecule has 1 aliphatic carbocycles. The van der Waals surface area contributed by atoms with Crippen molar-refractivity contribution in [2.75, 3.05) is 0 Å². The highest BCUT2D eigenvalue weighted by Gasteiger charge is 2.46. The van der Waals surface area contributed by atoms with Gasteiger partial charge in [-0.3, -0.25) is 0 Å². The van der Waals surface area contributed by atoms with Crippen LogP contribution in [-0.4, -0.2) is 4.57 Å². The Balaban J connectivity index is 1.27. The van der Waals surface area contributed by atoms with Crippen LogP contribution in [0.15, 0.2) is 180 Å². The van der Waals surface area contributed by atoms with E-state index in [1.165, 1.54) is 80.7 Å². The number of furan rings is 1. The van der Waals surface area contributed by atoms with E-state index in [1.54, 1.807) is 0 Å². The second kappa shape index (κ2) is 10.3. The maximum Gasteiger partial charge on any atom is 0.146 e. The van der Waals surface area contributed by atoms with Crippen LogP contribution in [0.4, 0.5) is 0 Å². The van der Waals surface area contributed by atoms with E-state index >= 15 is 0 Å². The standard InChI is InChI=1S/C49H29NOS/c1-3-15-30(16-4-1)49(31-17-5-2-6-18-31)38-23-11-7-19-33(38)34-28-27-32(29-39(34)49)50-40-24-12-8-20-35(40)45-46(50)48-44(37-22-10-14-26-42(37)52-48)43-36-21-9-13-25-41(36)51-47(43)45/h1-29H. The number of thiophene rings is 1. The average molecular weight is 680 g/mol. The fraction of sp³-hybridized carbons (Fsp3) is 0.0204. The molecule has 242 valence electrons. The number of para-hydroxylation sites is 2. The van der Waals surface area contributed by atoms with Crippen molar-refractivity contribution in [1.29, 1.82) is 0 Å². The monoisotopic (exact) mass is 679 g/mol. The summed E-state index contributed by atoms with van der Waals surface area (Å²) in [5.41, 5.74) is 12.6. The van der Waals surface area contributed by atoms with Gasteiger partial charge in [-0.05, 0) is 63.7 Å². The van der Waals surface area contributed by atoms with Gasteiger partial charge in [0.2, 0.25) is 0 Å². The Hall–Kier alpha value is -6.42.